The first-order valence-corrected chi connectivity index (χ1v) is 10.2. The van der Waals surface area contributed by atoms with Crippen LogP contribution in [-0.2, 0) is 22.6 Å². The number of likely N-dealkylation sites (N-methyl/N-ethyl adjacent to an activating group) is 1. The number of anilines is 1. The second-order valence-electron chi connectivity index (χ2n) is 8.49. The highest BCUT2D eigenvalue weighted by atomic mass is 35.5. The fourth-order valence-corrected chi connectivity index (χ4v) is 3.73. The summed E-state index contributed by atoms with van der Waals surface area (Å²) < 4.78 is 80.1. The number of hydrogen-bond acceptors (Lipinski definition) is 2. The van der Waals surface area contributed by atoms with Crippen molar-refractivity contribution in [3.05, 3.63) is 83.2 Å². The quantitative estimate of drug-likeness (QED) is 0.337. The van der Waals surface area contributed by atoms with Gasteiger partial charge in [0.15, 0.2) is 0 Å². The summed E-state index contributed by atoms with van der Waals surface area (Å²) in [5.41, 5.74) is -2.31. The van der Waals surface area contributed by atoms with E-state index in [1.54, 1.807) is 12.3 Å². The van der Waals surface area contributed by atoms with Gasteiger partial charge in [-0.15, -0.1) is 12.4 Å². The average Bonchev–Trinajstić information content (AvgIpc) is 2.77. The van der Waals surface area contributed by atoms with Crippen LogP contribution in [0.15, 0.2) is 60.9 Å². The monoisotopic (exact) mass is 516 g/mol. The number of hydrogen-bond donors (Lipinski definition) is 0. The molecule has 2 aromatic carbocycles. The largest absolute Gasteiger partial charge is 0.416 e. The molecule has 0 N–H and O–H groups in total. The number of benzene rings is 2. The normalized spacial score (nSPS) is 12.2. The molecule has 0 saturated carbocycles. The van der Waals surface area contributed by atoms with Gasteiger partial charge in [0.05, 0.1) is 22.2 Å². The Morgan fingerprint density at radius 2 is 1.34 bits per heavy atom. The van der Waals surface area contributed by atoms with E-state index in [0.29, 0.717) is 23.4 Å². The summed E-state index contributed by atoms with van der Waals surface area (Å²) in [4.78, 5) is 18.8. The van der Waals surface area contributed by atoms with Gasteiger partial charge in [-0.25, -0.2) is 0 Å². The zero-order valence-corrected chi connectivity index (χ0v) is 20.1. The van der Waals surface area contributed by atoms with Gasteiger partial charge in [0.25, 0.3) is 0 Å². The Morgan fingerprint density at radius 3 is 1.86 bits per heavy atom. The number of aromatic nitrogens is 1. The molecule has 0 saturated heterocycles. The molecule has 0 bridgehead atoms. The van der Waals surface area contributed by atoms with E-state index in [1.165, 1.54) is 32.0 Å². The van der Waals surface area contributed by atoms with Crippen LogP contribution in [0.5, 0.6) is 0 Å². The van der Waals surface area contributed by atoms with Crippen molar-refractivity contribution in [2.45, 2.75) is 38.5 Å². The Bertz CT molecular complexity index is 1190. The minimum absolute atomic E-state index is 0. The zero-order chi connectivity index (χ0) is 25.5. The molecule has 3 nitrogen and oxygen atoms in total. The predicted molar refractivity (Wildman–Crippen MR) is 125 cm³/mol. The van der Waals surface area contributed by atoms with Crippen LogP contribution in [0.4, 0.5) is 32.0 Å². The lowest BCUT2D eigenvalue weighted by Crippen LogP contribution is -2.42. The molecule has 10 heteroatoms. The Balaban J connectivity index is 0.00000432. The summed E-state index contributed by atoms with van der Waals surface area (Å²) in [5.74, 6) is -0.680. The van der Waals surface area contributed by atoms with Gasteiger partial charge in [0.1, 0.15) is 0 Å². The summed E-state index contributed by atoms with van der Waals surface area (Å²) in [7, 11) is 1.43. The molecule has 1 heterocycles. The minimum atomic E-state index is -5.01. The van der Waals surface area contributed by atoms with Crippen LogP contribution in [-0.4, -0.2) is 17.9 Å². The van der Waals surface area contributed by atoms with Crippen LogP contribution in [0.1, 0.15) is 36.1 Å². The molecular formula is C25H23ClF6N2O. The minimum Gasteiger partial charge on any atom is -0.314 e. The lowest BCUT2D eigenvalue weighted by atomic mass is 9.81. The maximum atomic E-state index is 13.5. The van der Waals surface area contributed by atoms with Gasteiger partial charge in [-0.1, -0.05) is 24.3 Å². The third-order valence-corrected chi connectivity index (χ3v) is 5.74. The molecule has 1 amide bonds. The first kappa shape index (κ1) is 28.2. The van der Waals surface area contributed by atoms with Gasteiger partial charge in [-0.3, -0.25) is 9.78 Å². The summed E-state index contributed by atoms with van der Waals surface area (Å²) in [6.45, 7) is 4.48. The molecule has 0 atom stereocenters. The molecular weight excluding hydrogens is 494 g/mol. The number of amides is 1. The number of carbonyl (C=O) groups is 1. The van der Waals surface area contributed by atoms with E-state index >= 15 is 0 Å². The van der Waals surface area contributed by atoms with Crippen LogP contribution in [0, 0.1) is 6.92 Å². The molecule has 0 spiro atoms. The standard InChI is InChI=1S/C25H22F6N2O.ClH/c1-15-7-5-6-8-19(15)20-14-32-10-9-21(20)33(4)22(34)23(2,3)16-11-17(24(26,27)28)13-18(12-16)25(29,30)31;/h5-14H,1-4H3;1H. The number of aryl methyl sites for hydroxylation is 1. The topological polar surface area (TPSA) is 33.2 Å². The number of alkyl halides is 6. The molecule has 0 aliphatic heterocycles. The summed E-state index contributed by atoms with van der Waals surface area (Å²) in [6.07, 6.45) is -7.01. The van der Waals surface area contributed by atoms with Crippen molar-refractivity contribution in [1.29, 1.82) is 0 Å². The van der Waals surface area contributed by atoms with Gasteiger partial charge in [0.2, 0.25) is 5.91 Å². The highest BCUT2D eigenvalue weighted by molar-refractivity contribution is 6.03. The summed E-state index contributed by atoms with van der Waals surface area (Å²) in [6, 6.07) is 10.2. The molecule has 0 radical (unpaired) electrons. The summed E-state index contributed by atoms with van der Waals surface area (Å²) in [5, 5.41) is 0. The molecule has 0 aliphatic rings. The van der Waals surface area contributed by atoms with E-state index in [9.17, 15) is 31.1 Å². The molecule has 0 fully saturated rings. The van der Waals surface area contributed by atoms with Crippen LogP contribution in [0.2, 0.25) is 0 Å². The van der Waals surface area contributed by atoms with Crippen LogP contribution in [0.25, 0.3) is 11.1 Å². The Labute approximate surface area is 205 Å². The fraction of sp³-hybridized carbons (Fsp3) is 0.280. The lowest BCUT2D eigenvalue weighted by molar-refractivity contribution is -0.143. The van der Waals surface area contributed by atoms with E-state index in [1.807, 2.05) is 31.2 Å². The molecule has 0 aliphatic carbocycles. The average molecular weight is 517 g/mol. The first-order chi connectivity index (χ1) is 15.6. The molecule has 1 aromatic heterocycles. The second kappa shape index (κ2) is 9.89. The van der Waals surface area contributed by atoms with E-state index in [2.05, 4.69) is 4.98 Å². The van der Waals surface area contributed by atoms with E-state index in [0.717, 1.165) is 11.1 Å². The molecule has 188 valence electrons. The lowest BCUT2D eigenvalue weighted by Gasteiger charge is -2.32. The molecule has 3 aromatic rings. The third-order valence-electron chi connectivity index (χ3n) is 5.74. The van der Waals surface area contributed by atoms with Crippen molar-refractivity contribution in [2.75, 3.05) is 11.9 Å². The van der Waals surface area contributed by atoms with Crippen LogP contribution in [0.3, 0.4) is 0 Å². The molecule has 0 unspecified atom stereocenters. The van der Waals surface area contributed by atoms with Crippen molar-refractivity contribution in [2.24, 2.45) is 0 Å². The zero-order valence-electron chi connectivity index (χ0n) is 19.3. The Hall–Kier alpha value is -3.07. The van der Waals surface area contributed by atoms with Crippen LogP contribution >= 0.6 is 12.4 Å². The predicted octanol–water partition coefficient (Wildman–Crippen LogP) is 7.46. The number of pyridine rings is 1. The van der Waals surface area contributed by atoms with E-state index < -0.39 is 40.4 Å². The van der Waals surface area contributed by atoms with Crippen molar-refractivity contribution in [1.82, 2.24) is 4.98 Å². The van der Waals surface area contributed by atoms with Gasteiger partial charge < -0.3 is 4.90 Å². The van der Waals surface area contributed by atoms with Crippen molar-refractivity contribution >= 4 is 24.0 Å². The number of carbonyl (C=O) groups excluding carboxylic acids is 1. The Kier molecular flexibility index (Phi) is 7.96. The van der Waals surface area contributed by atoms with Crippen molar-refractivity contribution in [3.8, 4) is 11.1 Å². The van der Waals surface area contributed by atoms with E-state index in [4.69, 9.17) is 0 Å². The van der Waals surface area contributed by atoms with Gasteiger partial charge in [0, 0.05) is 25.0 Å². The SMILES string of the molecule is Cc1ccccc1-c1cnccc1N(C)C(=O)C(C)(C)c1cc(C(F)(F)F)cc(C(F)(F)F)c1.Cl. The molecule has 3 rings (SSSR count). The fourth-order valence-electron chi connectivity index (χ4n) is 3.73. The third kappa shape index (κ3) is 5.78. The first-order valence-electron chi connectivity index (χ1n) is 10.2. The summed E-state index contributed by atoms with van der Waals surface area (Å²) >= 11 is 0. The van der Waals surface area contributed by atoms with Gasteiger partial charge in [-0.05, 0) is 61.7 Å². The smallest absolute Gasteiger partial charge is 0.314 e. The second-order valence-corrected chi connectivity index (χ2v) is 8.49. The maximum absolute atomic E-state index is 13.5. The number of rotatable bonds is 4. The van der Waals surface area contributed by atoms with Gasteiger partial charge >= 0.3 is 12.4 Å². The molecule has 35 heavy (non-hydrogen) atoms. The highest BCUT2D eigenvalue weighted by Crippen LogP contribution is 2.40. The van der Waals surface area contributed by atoms with Crippen molar-refractivity contribution in [3.63, 3.8) is 0 Å². The van der Waals surface area contributed by atoms with Gasteiger partial charge in [-0.2, -0.15) is 26.3 Å². The number of nitrogens with zero attached hydrogens (tertiary/aromatic N) is 2. The van der Waals surface area contributed by atoms with Crippen molar-refractivity contribution < 1.29 is 31.1 Å². The number of halogens is 7. The maximum Gasteiger partial charge on any atom is 0.416 e. The van der Waals surface area contributed by atoms with E-state index in [-0.39, 0.29) is 18.5 Å². The Morgan fingerprint density at radius 1 is 0.829 bits per heavy atom. The highest BCUT2D eigenvalue weighted by Gasteiger charge is 2.41. The van der Waals surface area contributed by atoms with Crippen LogP contribution < -0.4 is 4.90 Å².